The fourth-order valence-electron chi connectivity index (χ4n) is 3.12. The Labute approximate surface area is 147 Å². The van der Waals surface area contributed by atoms with E-state index in [4.69, 9.17) is 4.52 Å². The molecular weight excluding hydrogens is 320 g/mol. The summed E-state index contributed by atoms with van der Waals surface area (Å²) in [5.41, 5.74) is 0. The van der Waals surface area contributed by atoms with Gasteiger partial charge in [0.2, 0.25) is 11.8 Å². The third-order valence-electron chi connectivity index (χ3n) is 4.39. The molecule has 1 N–H and O–H groups in total. The number of carbonyl (C=O) groups excluding carboxylic acids is 1. The molecule has 1 aliphatic rings. The lowest BCUT2D eigenvalue weighted by Gasteiger charge is -2.21. The second kappa shape index (κ2) is 7.35. The third-order valence-corrected chi connectivity index (χ3v) is 4.39. The number of hydrogen-bond donors (Lipinski definition) is 1. The molecule has 1 amide bonds. The van der Waals surface area contributed by atoms with Crippen LogP contribution in [0, 0.1) is 0 Å². The molecule has 136 valence electrons. The summed E-state index contributed by atoms with van der Waals surface area (Å²) in [5.74, 6) is 2.20. The number of anilines is 1. The van der Waals surface area contributed by atoms with Crippen LogP contribution in [0.2, 0.25) is 0 Å². The number of nitrogens with one attached hydrogen (secondary N) is 1. The Kier molecular flexibility index (Phi) is 5.17. The molecule has 0 radical (unpaired) electrons. The van der Waals surface area contributed by atoms with Gasteiger partial charge in [-0.15, -0.1) is 0 Å². The first kappa shape index (κ1) is 17.6. The van der Waals surface area contributed by atoms with Crippen molar-refractivity contribution >= 4 is 11.7 Å². The first-order valence-corrected chi connectivity index (χ1v) is 8.86. The molecular formula is C17H26N6O2. The Balaban J connectivity index is 1.64. The zero-order valence-corrected chi connectivity index (χ0v) is 15.3. The van der Waals surface area contributed by atoms with E-state index in [2.05, 4.69) is 25.5 Å². The van der Waals surface area contributed by atoms with Crippen molar-refractivity contribution in [2.24, 2.45) is 0 Å². The number of rotatable bonds is 6. The molecule has 3 heterocycles. The second-order valence-electron chi connectivity index (χ2n) is 7.08. The van der Waals surface area contributed by atoms with Gasteiger partial charge < -0.3 is 9.84 Å². The van der Waals surface area contributed by atoms with Crippen LogP contribution in [0.1, 0.15) is 70.3 Å². The summed E-state index contributed by atoms with van der Waals surface area (Å²) in [6.07, 6.45) is 3.66. The molecule has 0 aromatic carbocycles. The number of nitrogens with zero attached hydrogens (tertiary/aromatic N) is 5. The molecule has 1 atom stereocenters. The molecule has 0 unspecified atom stereocenters. The summed E-state index contributed by atoms with van der Waals surface area (Å²) in [4.78, 5) is 19.1. The fourth-order valence-corrected chi connectivity index (χ4v) is 3.12. The Morgan fingerprint density at radius 3 is 2.88 bits per heavy atom. The Morgan fingerprint density at radius 2 is 2.20 bits per heavy atom. The summed E-state index contributed by atoms with van der Waals surface area (Å²) in [5, 5.41) is 11.3. The first-order chi connectivity index (χ1) is 12.0. The van der Waals surface area contributed by atoms with Crippen LogP contribution in [0.5, 0.6) is 0 Å². The normalized spacial score (nSPS) is 18.4. The van der Waals surface area contributed by atoms with Gasteiger partial charge in [0.05, 0.1) is 18.8 Å². The predicted octanol–water partition coefficient (Wildman–Crippen LogP) is 2.75. The van der Waals surface area contributed by atoms with Crippen molar-refractivity contribution in [3.8, 4) is 0 Å². The van der Waals surface area contributed by atoms with Gasteiger partial charge in [-0.25, -0.2) is 4.68 Å². The first-order valence-electron chi connectivity index (χ1n) is 8.86. The minimum atomic E-state index is -0.0538. The van der Waals surface area contributed by atoms with Crippen LogP contribution in [0.15, 0.2) is 16.8 Å². The van der Waals surface area contributed by atoms with Gasteiger partial charge >= 0.3 is 0 Å². The Morgan fingerprint density at radius 1 is 1.40 bits per heavy atom. The van der Waals surface area contributed by atoms with Gasteiger partial charge in [0.25, 0.3) is 0 Å². The van der Waals surface area contributed by atoms with Crippen LogP contribution in [0.4, 0.5) is 5.82 Å². The average Bonchev–Trinajstić information content (AvgIpc) is 3.25. The molecule has 8 heteroatoms. The minimum Gasteiger partial charge on any atom is -0.339 e. The highest BCUT2D eigenvalue weighted by Gasteiger charge is 2.31. The van der Waals surface area contributed by atoms with E-state index in [1.165, 1.54) is 0 Å². The van der Waals surface area contributed by atoms with Gasteiger partial charge in [-0.3, -0.25) is 9.69 Å². The monoisotopic (exact) mass is 346 g/mol. The number of amides is 1. The van der Waals surface area contributed by atoms with Gasteiger partial charge in [-0.05, 0) is 33.2 Å². The summed E-state index contributed by atoms with van der Waals surface area (Å²) in [6.45, 7) is 9.26. The van der Waals surface area contributed by atoms with Crippen molar-refractivity contribution in [1.29, 1.82) is 0 Å². The maximum atomic E-state index is 12.5. The lowest BCUT2D eigenvalue weighted by Crippen LogP contribution is -2.33. The smallest absolute Gasteiger partial charge is 0.239 e. The van der Waals surface area contributed by atoms with Crippen molar-refractivity contribution in [1.82, 2.24) is 24.8 Å². The van der Waals surface area contributed by atoms with E-state index in [1.807, 2.05) is 33.8 Å². The van der Waals surface area contributed by atoms with Crippen molar-refractivity contribution in [2.75, 3.05) is 18.4 Å². The molecule has 8 nitrogen and oxygen atoms in total. The highest BCUT2D eigenvalue weighted by Crippen LogP contribution is 2.30. The number of carbonyl (C=O) groups is 1. The van der Waals surface area contributed by atoms with Gasteiger partial charge in [-0.1, -0.05) is 19.0 Å². The lowest BCUT2D eigenvalue weighted by molar-refractivity contribution is -0.117. The molecule has 2 aromatic rings. The second-order valence-corrected chi connectivity index (χ2v) is 7.08. The predicted molar refractivity (Wildman–Crippen MR) is 93.2 cm³/mol. The molecule has 1 aliphatic heterocycles. The third kappa shape index (κ3) is 3.89. The quantitative estimate of drug-likeness (QED) is 0.865. The zero-order chi connectivity index (χ0) is 18.0. The van der Waals surface area contributed by atoms with Crippen molar-refractivity contribution in [3.05, 3.63) is 24.0 Å². The molecule has 1 fully saturated rings. The molecule has 0 spiro atoms. The molecule has 25 heavy (non-hydrogen) atoms. The largest absolute Gasteiger partial charge is 0.339 e. The summed E-state index contributed by atoms with van der Waals surface area (Å²) in [6, 6.07) is 2.05. The number of likely N-dealkylation sites (tertiary alicyclic amines) is 1. The van der Waals surface area contributed by atoms with Gasteiger partial charge in [0, 0.05) is 18.0 Å². The van der Waals surface area contributed by atoms with Crippen molar-refractivity contribution < 1.29 is 9.32 Å². The van der Waals surface area contributed by atoms with Crippen LogP contribution >= 0.6 is 0 Å². The van der Waals surface area contributed by atoms with E-state index >= 15 is 0 Å². The van der Waals surface area contributed by atoms with Crippen molar-refractivity contribution in [3.63, 3.8) is 0 Å². The van der Waals surface area contributed by atoms with Crippen molar-refractivity contribution in [2.45, 2.75) is 58.5 Å². The molecule has 2 aromatic heterocycles. The summed E-state index contributed by atoms with van der Waals surface area (Å²) in [7, 11) is 0. The van der Waals surface area contributed by atoms with Gasteiger partial charge in [0.1, 0.15) is 5.82 Å². The van der Waals surface area contributed by atoms with E-state index in [0.717, 1.165) is 25.2 Å². The minimum absolute atomic E-state index is 0.0389. The fraction of sp³-hybridized carbons (Fsp3) is 0.647. The van der Waals surface area contributed by atoms with Crippen LogP contribution in [-0.2, 0) is 4.79 Å². The van der Waals surface area contributed by atoms with Crippen LogP contribution in [0.3, 0.4) is 0 Å². The summed E-state index contributed by atoms with van der Waals surface area (Å²) >= 11 is 0. The Bertz CT molecular complexity index is 720. The van der Waals surface area contributed by atoms with Crippen LogP contribution in [0.25, 0.3) is 0 Å². The summed E-state index contributed by atoms with van der Waals surface area (Å²) < 4.78 is 7.12. The maximum Gasteiger partial charge on any atom is 0.239 e. The zero-order valence-electron chi connectivity index (χ0n) is 15.3. The van der Waals surface area contributed by atoms with Gasteiger partial charge in [-0.2, -0.15) is 10.1 Å². The lowest BCUT2D eigenvalue weighted by atomic mass is 10.2. The highest BCUT2D eigenvalue weighted by molar-refractivity contribution is 5.91. The standard InChI is InChI=1S/C17H26N6O2/c1-11(2)17-20-16(21-25-17)13-6-5-9-22(13)10-15(24)19-14-7-8-18-23(14)12(3)4/h7-8,11-13H,5-6,9-10H2,1-4H3,(H,19,24)/t13-/m0/s1. The molecule has 0 bridgehead atoms. The van der Waals surface area contributed by atoms with Gasteiger partial charge in [0.15, 0.2) is 5.82 Å². The molecule has 1 saturated heterocycles. The van der Waals surface area contributed by atoms with E-state index in [0.29, 0.717) is 18.3 Å². The Hall–Kier alpha value is -2.22. The highest BCUT2D eigenvalue weighted by atomic mass is 16.5. The molecule has 3 rings (SSSR count). The number of hydrogen-bond acceptors (Lipinski definition) is 6. The topological polar surface area (TPSA) is 89.1 Å². The van der Waals surface area contributed by atoms with E-state index in [9.17, 15) is 4.79 Å². The average molecular weight is 346 g/mol. The maximum absolute atomic E-state index is 12.5. The van der Waals surface area contributed by atoms with Crippen LogP contribution < -0.4 is 5.32 Å². The van der Waals surface area contributed by atoms with E-state index < -0.39 is 0 Å². The van der Waals surface area contributed by atoms with E-state index in [1.54, 1.807) is 10.9 Å². The number of aromatic nitrogens is 4. The molecule has 0 saturated carbocycles. The van der Waals surface area contributed by atoms with E-state index in [-0.39, 0.29) is 23.9 Å². The molecule has 0 aliphatic carbocycles. The SMILES string of the molecule is CC(C)c1nc([C@@H]2CCCN2CC(=O)Nc2ccnn2C(C)C)no1. The van der Waals surface area contributed by atoms with Crippen LogP contribution in [-0.4, -0.2) is 43.8 Å².